The van der Waals surface area contributed by atoms with Crippen LogP contribution in [0.5, 0.6) is 0 Å². The van der Waals surface area contributed by atoms with E-state index in [0.29, 0.717) is 21.8 Å². The van der Waals surface area contributed by atoms with Crippen LogP contribution < -0.4 is 11.3 Å². The van der Waals surface area contributed by atoms with Gasteiger partial charge in [-0.2, -0.15) is 4.68 Å². The molecule has 4 N–H and O–H groups in total. The van der Waals surface area contributed by atoms with E-state index in [1.807, 2.05) is 6.07 Å². The van der Waals surface area contributed by atoms with Crippen molar-refractivity contribution in [2.24, 2.45) is 5.73 Å². The first kappa shape index (κ1) is 17.4. The number of nitrogen functional groups attached to an aromatic ring is 1. The molecule has 132 valence electrons. The minimum absolute atomic E-state index is 0.0570. The summed E-state index contributed by atoms with van der Waals surface area (Å²) in [4.78, 5) is 23.0. The molecule has 0 saturated heterocycles. The van der Waals surface area contributed by atoms with E-state index in [2.05, 4.69) is 5.10 Å². The molecular weight excluding hydrogens is 358 g/mol. The molecule has 1 heterocycles. The second kappa shape index (κ2) is 6.85. The van der Waals surface area contributed by atoms with Crippen LogP contribution in [-0.2, 0) is 6.42 Å². The molecule has 26 heavy (non-hydrogen) atoms. The number of benzene rings is 2. The molecule has 0 fully saturated rings. The van der Waals surface area contributed by atoms with E-state index in [4.69, 9.17) is 22.7 Å². The normalized spacial score (nSPS) is 10.7. The maximum Gasteiger partial charge on any atom is 0.277 e. The zero-order valence-electron chi connectivity index (χ0n) is 13.4. The van der Waals surface area contributed by atoms with Crippen LogP contribution in [0.3, 0.4) is 0 Å². The van der Waals surface area contributed by atoms with Crippen LogP contribution in [0.4, 0.5) is 5.69 Å². The minimum atomic E-state index is -0.500. The number of nitro benzene ring substituents is 1. The van der Waals surface area contributed by atoms with Crippen LogP contribution in [0, 0.1) is 15.5 Å². The molecule has 0 radical (unpaired) electrons. The molecule has 1 aromatic heterocycles. The lowest BCUT2D eigenvalue weighted by atomic mass is 10.0. The summed E-state index contributed by atoms with van der Waals surface area (Å²) in [6.45, 7) is 0. The highest BCUT2D eigenvalue weighted by Crippen LogP contribution is 2.25. The first-order valence-corrected chi connectivity index (χ1v) is 7.92. The number of aromatic amines is 1. The molecule has 0 saturated carbocycles. The Balaban J connectivity index is 2.11. The Labute approximate surface area is 152 Å². The fraction of sp³-hybridized carbons (Fsp3) is 0.0588. The first-order valence-electron chi connectivity index (χ1n) is 7.54. The minimum Gasteiger partial charge on any atom is -0.368 e. The number of nitro groups is 1. The van der Waals surface area contributed by atoms with Gasteiger partial charge in [-0.15, -0.1) is 0 Å². The van der Waals surface area contributed by atoms with E-state index in [-0.39, 0.29) is 12.1 Å². The fourth-order valence-electron chi connectivity index (χ4n) is 2.65. The van der Waals surface area contributed by atoms with Gasteiger partial charge in [0.1, 0.15) is 0 Å². The Hall–Kier alpha value is -3.39. The third-order valence-electron chi connectivity index (χ3n) is 3.86. The number of aromatic nitrogens is 2. The van der Waals surface area contributed by atoms with Gasteiger partial charge in [-0.05, 0) is 29.8 Å². The Bertz CT molecular complexity index is 1050. The summed E-state index contributed by atoms with van der Waals surface area (Å²) >= 11 is 6.00. The number of hydrogen-bond donors (Lipinski definition) is 3. The zero-order chi connectivity index (χ0) is 18.8. The maximum atomic E-state index is 12.6. The van der Waals surface area contributed by atoms with Crippen molar-refractivity contribution < 1.29 is 4.92 Å². The van der Waals surface area contributed by atoms with E-state index in [1.54, 1.807) is 18.2 Å². The van der Waals surface area contributed by atoms with Gasteiger partial charge < -0.3 is 5.73 Å². The third-order valence-corrected chi connectivity index (χ3v) is 4.10. The molecule has 0 bridgehead atoms. The van der Waals surface area contributed by atoms with Crippen LogP contribution in [0.15, 0.2) is 53.3 Å². The topological polar surface area (TPSA) is 131 Å². The lowest BCUT2D eigenvalue weighted by Crippen LogP contribution is -2.31. The van der Waals surface area contributed by atoms with Crippen molar-refractivity contribution in [2.75, 3.05) is 0 Å². The molecule has 0 atom stereocenters. The Morgan fingerprint density at radius 2 is 1.96 bits per heavy atom. The second-order valence-electron chi connectivity index (χ2n) is 5.60. The molecule has 0 unspecified atom stereocenters. The second-order valence-corrected chi connectivity index (χ2v) is 6.04. The highest BCUT2D eigenvalue weighted by atomic mass is 35.5. The molecule has 0 aliphatic heterocycles. The summed E-state index contributed by atoms with van der Waals surface area (Å²) in [6, 6.07) is 12.9. The fourth-order valence-corrected chi connectivity index (χ4v) is 2.86. The Morgan fingerprint density at radius 3 is 2.54 bits per heavy atom. The molecule has 0 amide bonds. The average Bonchev–Trinajstić information content (AvgIpc) is 2.92. The number of nitrogens with one attached hydrogen (secondary N) is 2. The number of nitrogens with two attached hydrogens (primary N) is 1. The van der Waals surface area contributed by atoms with Gasteiger partial charge in [0.15, 0.2) is 0 Å². The van der Waals surface area contributed by atoms with Crippen molar-refractivity contribution in [3.63, 3.8) is 0 Å². The summed E-state index contributed by atoms with van der Waals surface area (Å²) in [6.07, 6.45) is 0.266. The van der Waals surface area contributed by atoms with Crippen molar-refractivity contribution in [1.29, 1.82) is 5.41 Å². The third kappa shape index (κ3) is 3.35. The quantitative estimate of drug-likeness (QED) is 0.281. The van der Waals surface area contributed by atoms with Gasteiger partial charge in [-0.1, -0.05) is 23.7 Å². The lowest BCUT2D eigenvalue weighted by Gasteiger charge is -2.04. The van der Waals surface area contributed by atoms with Crippen LogP contribution in [0.2, 0.25) is 5.02 Å². The van der Waals surface area contributed by atoms with Crippen molar-refractivity contribution >= 4 is 23.2 Å². The number of hydrogen-bond acceptors (Lipinski definition) is 4. The maximum absolute atomic E-state index is 12.6. The highest BCUT2D eigenvalue weighted by Gasteiger charge is 2.18. The van der Waals surface area contributed by atoms with Gasteiger partial charge in [0.2, 0.25) is 5.96 Å². The number of halogens is 1. The average molecular weight is 372 g/mol. The van der Waals surface area contributed by atoms with Gasteiger partial charge in [-0.3, -0.25) is 25.4 Å². The molecule has 0 aliphatic rings. The highest BCUT2D eigenvalue weighted by molar-refractivity contribution is 6.30. The van der Waals surface area contributed by atoms with Crippen molar-refractivity contribution in [3.8, 4) is 11.3 Å². The SMILES string of the molecule is N=C(N)n1[nH]c(-c2ccc([N+](=O)[O-])cc2)c(Cc2cccc(Cl)c2)c1=O. The smallest absolute Gasteiger partial charge is 0.277 e. The summed E-state index contributed by atoms with van der Waals surface area (Å²) in [5, 5.41) is 21.7. The molecule has 0 aliphatic carbocycles. The van der Waals surface area contributed by atoms with Crippen molar-refractivity contribution in [3.05, 3.63) is 85.1 Å². The standard InChI is InChI=1S/C17H14ClN5O3/c18-12-3-1-2-10(8-12)9-14-15(21-22(16(14)24)17(19)20)11-4-6-13(7-5-11)23(25)26/h1-8,21H,9H2,(H3,19,20). The van der Waals surface area contributed by atoms with Crippen molar-refractivity contribution in [2.45, 2.75) is 6.42 Å². The van der Waals surface area contributed by atoms with Gasteiger partial charge in [0, 0.05) is 34.7 Å². The van der Waals surface area contributed by atoms with E-state index < -0.39 is 16.4 Å². The van der Waals surface area contributed by atoms with Gasteiger partial charge in [0.05, 0.1) is 10.6 Å². The largest absolute Gasteiger partial charge is 0.368 e. The van der Waals surface area contributed by atoms with Gasteiger partial charge in [0.25, 0.3) is 11.2 Å². The molecule has 3 rings (SSSR count). The van der Waals surface area contributed by atoms with Gasteiger partial charge >= 0.3 is 0 Å². The summed E-state index contributed by atoms with van der Waals surface area (Å²) < 4.78 is 0.927. The predicted octanol–water partition coefficient (Wildman–Crippen LogP) is 2.74. The monoisotopic (exact) mass is 371 g/mol. The zero-order valence-corrected chi connectivity index (χ0v) is 14.2. The Kier molecular flexibility index (Phi) is 4.59. The molecular formula is C17H14ClN5O3. The lowest BCUT2D eigenvalue weighted by molar-refractivity contribution is -0.384. The number of nitrogens with zero attached hydrogens (tertiary/aromatic N) is 2. The molecule has 8 nitrogen and oxygen atoms in total. The molecule has 0 spiro atoms. The van der Waals surface area contributed by atoms with E-state index in [0.717, 1.165) is 10.2 Å². The number of non-ortho nitro benzene ring substituents is 1. The molecule has 2 aromatic carbocycles. The van der Waals surface area contributed by atoms with Gasteiger partial charge in [-0.25, -0.2) is 0 Å². The number of rotatable bonds is 4. The van der Waals surface area contributed by atoms with Crippen LogP contribution >= 0.6 is 11.6 Å². The summed E-state index contributed by atoms with van der Waals surface area (Å²) in [7, 11) is 0. The van der Waals surface area contributed by atoms with Crippen LogP contribution in [-0.4, -0.2) is 20.7 Å². The number of H-pyrrole nitrogens is 1. The molecule has 9 heteroatoms. The summed E-state index contributed by atoms with van der Waals surface area (Å²) in [5.41, 5.74) is 7.17. The van der Waals surface area contributed by atoms with E-state index in [1.165, 1.54) is 24.3 Å². The van der Waals surface area contributed by atoms with E-state index >= 15 is 0 Å². The Morgan fingerprint density at radius 1 is 1.27 bits per heavy atom. The van der Waals surface area contributed by atoms with Crippen LogP contribution in [0.1, 0.15) is 11.1 Å². The first-order chi connectivity index (χ1) is 12.4. The van der Waals surface area contributed by atoms with Crippen LogP contribution in [0.25, 0.3) is 11.3 Å². The molecule has 3 aromatic rings. The summed E-state index contributed by atoms with van der Waals surface area (Å²) in [5.74, 6) is -0.449. The van der Waals surface area contributed by atoms with E-state index in [9.17, 15) is 14.9 Å². The predicted molar refractivity (Wildman–Crippen MR) is 98.7 cm³/mol. The van der Waals surface area contributed by atoms with Crippen molar-refractivity contribution in [1.82, 2.24) is 9.78 Å².